The number of nitro groups is 1. The summed E-state index contributed by atoms with van der Waals surface area (Å²) in [7, 11) is 1.27. The van der Waals surface area contributed by atoms with Crippen molar-refractivity contribution in [3.05, 3.63) is 75.6 Å². The summed E-state index contributed by atoms with van der Waals surface area (Å²) in [6.07, 6.45) is 1.11. The minimum Gasteiger partial charge on any atom is -0.487 e. The topological polar surface area (TPSA) is 96.6 Å². The summed E-state index contributed by atoms with van der Waals surface area (Å²) in [6.45, 7) is 0.311. The van der Waals surface area contributed by atoms with Crippen LogP contribution in [0.15, 0.2) is 54.9 Å². The molecular weight excluding hydrogens is 374 g/mol. The first-order chi connectivity index (χ1) is 13.1. The SMILES string of the molecule is COc1ncnc(Oc2ccc(Cl)c(OCc3ccccc3)c2)c1[N+](=O)[O-]. The second-order valence-corrected chi connectivity index (χ2v) is 5.67. The van der Waals surface area contributed by atoms with E-state index in [4.69, 9.17) is 25.8 Å². The molecule has 0 aliphatic rings. The van der Waals surface area contributed by atoms with Gasteiger partial charge in [0.1, 0.15) is 24.4 Å². The summed E-state index contributed by atoms with van der Waals surface area (Å²) in [4.78, 5) is 18.2. The van der Waals surface area contributed by atoms with Crippen molar-refractivity contribution in [1.82, 2.24) is 9.97 Å². The summed E-state index contributed by atoms with van der Waals surface area (Å²) in [5, 5.41) is 11.7. The number of hydrogen-bond donors (Lipinski definition) is 0. The average molecular weight is 388 g/mol. The van der Waals surface area contributed by atoms with Crippen LogP contribution in [0.3, 0.4) is 0 Å². The Bertz CT molecular complexity index is 953. The van der Waals surface area contributed by atoms with E-state index in [1.807, 2.05) is 30.3 Å². The zero-order valence-corrected chi connectivity index (χ0v) is 14.9. The van der Waals surface area contributed by atoms with E-state index in [0.717, 1.165) is 11.9 Å². The lowest BCUT2D eigenvalue weighted by atomic mass is 10.2. The van der Waals surface area contributed by atoms with Gasteiger partial charge in [-0.3, -0.25) is 10.1 Å². The van der Waals surface area contributed by atoms with Crippen molar-refractivity contribution in [3.8, 4) is 23.3 Å². The number of ether oxygens (including phenoxy) is 3. The van der Waals surface area contributed by atoms with Crippen molar-refractivity contribution >= 4 is 17.3 Å². The van der Waals surface area contributed by atoms with Gasteiger partial charge >= 0.3 is 17.4 Å². The first kappa shape index (κ1) is 18.4. The van der Waals surface area contributed by atoms with Crippen LogP contribution >= 0.6 is 11.6 Å². The van der Waals surface area contributed by atoms with Crippen LogP contribution in [0.1, 0.15) is 5.56 Å². The van der Waals surface area contributed by atoms with Gasteiger partial charge in [0.2, 0.25) is 0 Å². The van der Waals surface area contributed by atoms with Gasteiger partial charge in [-0.25, -0.2) is 0 Å². The quantitative estimate of drug-likeness (QED) is 0.437. The molecule has 0 radical (unpaired) electrons. The molecule has 3 aromatic rings. The first-order valence-electron chi connectivity index (χ1n) is 7.76. The molecule has 0 bridgehead atoms. The summed E-state index contributed by atoms with van der Waals surface area (Å²) in [5.41, 5.74) is 0.498. The highest BCUT2D eigenvalue weighted by Gasteiger charge is 2.26. The molecule has 138 valence electrons. The van der Waals surface area contributed by atoms with E-state index in [2.05, 4.69) is 9.97 Å². The van der Waals surface area contributed by atoms with E-state index >= 15 is 0 Å². The zero-order chi connectivity index (χ0) is 19.2. The standard InChI is InChI=1S/C18H14ClN3O5/c1-25-17-16(22(23)24)18(21-11-20-17)27-13-7-8-14(19)15(9-13)26-10-12-5-3-2-4-6-12/h2-9,11H,10H2,1H3. The summed E-state index contributed by atoms with van der Waals surface area (Å²) in [5.74, 6) is 0.204. The first-order valence-corrected chi connectivity index (χ1v) is 8.14. The van der Waals surface area contributed by atoms with Gasteiger partial charge in [-0.05, 0) is 17.7 Å². The molecule has 0 aliphatic heterocycles. The van der Waals surface area contributed by atoms with Crippen LogP contribution in [0.5, 0.6) is 23.3 Å². The highest BCUT2D eigenvalue weighted by molar-refractivity contribution is 6.32. The number of benzene rings is 2. The van der Waals surface area contributed by atoms with E-state index in [1.165, 1.54) is 13.2 Å². The lowest BCUT2D eigenvalue weighted by Gasteiger charge is -2.11. The molecule has 0 spiro atoms. The molecule has 0 saturated carbocycles. The molecule has 0 amide bonds. The Kier molecular flexibility index (Phi) is 5.68. The number of nitrogens with zero attached hydrogens (tertiary/aromatic N) is 3. The van der Waals surface area contributed by atoms with E-state index in [0.29, 0.717) is 17.4 Å². The fourth-order valence-electron chi connectivity index (χ4n) is 2.23. The lowest BCUT2D eigenvalue weighted by Crippen LogP contribution is -2.01. The zero-order valence-electron chi connectivity index (χ0n) is 14.2. The second-order valence-electron chi connectivity index (χ2n) is 5.26. The van der Waals surface area contributed by atoms with Crippen LogP contribution in [0.4, 0.5) is 5.69 Å². The van der Waals surface area contributed by atoms with Crippen LogP contribution in [0.25, 0.3) is 0 Å². The molecular formula is C18H14ClN3O5. The number of aromatic nitrogens is 2. The van der Waals surface area contributed by atoms with Crippen molar-refractivity contribution in [3.63, 3.8) is 0 Å². The molecule has 9 heteroatoms. The lowest BCUT2D eigenvalue weighted by molar-refractivity contribution is -0.387. The molecule has 0 saturated heterocycles. The third kappa shape index (κ3) is 4.42. The van der Waals surface area contributed by atoms with Gasteiger partial charge in [0.15, 0.2) is 0 Å². The molecule has 0 N–H and O–H groups in total. The minimum atomic E-state index is -0.670. The molecule has 8 nitrogen and oxygen atoms in total. The Morgan fingerprint density at radius 3 is 2.56 bits per heavy atom. The third-order valence-electron chi connectivity index (χ3n) is 3.49. The number of halogens is 1. The number of rotatable bonds is 7. The maximum absolute atomic E-state index is 11.3. The molecule has 0 unspecified atom stereocenters. The average Bonchev–Trinajstić information content (AvgIpc) is 2.68. The molecule has 1 aromatic heterocycles. The van der Waals surface area contributed by atoms with E-state index in [9.17, 15) is 10.1 Å². The van der Waals surface area contributed by atoms with Crippen molar-refractivity contribution in [2.75, 3.05) is 7.11 Å². The van der Waals surface area contributed by atoms with Gasteiger partial charge in [-0.15, -0.1) is 0 Å². The van der Waals surface area contributed by atoms with Crippen molar-refractivity contribution in [2.45, 2.75) is 6.61 Å². The van der Waals surface area contributed by atoms with Crippen LogP contribution in [0, 0.1) is 10.1 Å². The maximum atomic E-state index is 11.3. The molecule has 0 aliphatic carbocycles. The van der Waals surface area contributed by atoms with Gasteiger partial charge in [-0.2, -0.15) is 9.97 Å². The Morgan fingerprint density at radius 1 is 1.11 bits per heavy atom. The van der Waals surface area contributed by atoms with Crippen LogP contribution < -0.4 is 14.2 Å². The normalized spacial score (nSPS) is 10.3. The predicted molar refractivity (Wildman–Crippen MR) is 97.5 cm³/mol. The van der Waals surface area contributed by atoms with Gasteiger partial charge in [0.05, 0.1) is 17.1 Å². The van der Waals surface area contributed by atoms with E-state index in [-0.39, 0.29) is 17.5 Å². The Morgan fingerprint density at radius 2 is 1.85 bits per heavy atom. The highest BCUT2D eigenvalue weighted by atomic mass is 35.5. The van der Waals surface area contributed by atoms with Crippen molar-refractivity contribution in [1.29, 1.82) is 0 Å². The van der Waals surface area contributed by atoms with Gasteiger partial charge in [-0.1, -0.05) is 41.9 Å². The summed E-state index contributed by atoms with van der Waals surface area (Å²) in [6, 6.07) is 14.2. The van der Waals surface area contributed by atoms with E-state index in [1.54, 1.807) is 12.1 Å². The predicted octanol–water partition coefficient (Wildman–Crippen LogP) is 4.42. The molecule has 2 aromatic carbocycles. The molecule has 3 rings (SSSR count). The van der Waals surface area contributed by atoms with Gasteiger partial charge in [0, 0.05) is 6.07 Å². The van der Waals surface area contributed by atoms with Gasteiger partial charge < -0.3 is 14.2 Å². The Labute approximate surface area is 159 Å². The van der Waals surface area contributed by atoms with E-state index < -0.39 is 10.6 Å². The van der Waals surface area contributed by atoms with Crippen LogP contribution in [0.2, 0.25) is 5.02 Å². The van der Waals surface area contributed by atoms with Gasteiger partial charge in [0.25, 0.3) is 0 Å². The molecule has 27 heavy (non-hydrogen) atoms. The Balaban J connectivity index is 1.83. The summed E-state index contributed by atoms with van der Waals surface area (Å²) >= 11 is 6.16. The fourth-order valence-corrected chi connectivity index (χ4v) is 2.40. The molecule has 0 atom stereocenters. The minimum absolute atomic E-state index is 0.195. The van der Waals surface area contributed by atoms with Crippen LogP contribution in [-0.2, 0) is 6.61 Å². The fraction of sp³-hybridized carbons (Fsp3) is 0.111. The number of hydrogen-bond acceptors (Lipinski definition) is 7. The second kappa shape index (κ2) is 8.33. The van der Waals surface area contributed by atoms with Crippen molar-refractivity contribution in [2.24, 2.45) is 0 Å². The smallest absolute Gasteiger partial charge is 0.392 e. The maximum Gasteiger partial charge on any atom is 0.392 e. The monoisotopic (exact) mass is 387 g/mol. The largest absolute Gasteiger partial charge is 0.487 e. The molecule has 1 heterocycles. The number of methoxy groups -OCH3 is 1. The third-order valence-corrected chi connectivity index (χ3v) is 3.80. The molecule has 0 fully saturated rings. The highest BCUT2D eigenvalue weighted by Crippen LogP contribution is 2.37. The van der Waals surface area contributed by atoms with Crippen LogP contribution in [-0.4, -0.2) is 22.0 Å². The Hall–Kier alpha value is -3.39. The summed E-state index contributed by atoms with van der Waals surface area (Å²) < 4.78 is 16.2. The van der Waals surface area contributed by atoms with Crippen molar-refractivity contribution < 1.29 is 19.1 Å².